The molecule has 1 aliphatic heterocycles. The standard InChI is InChI=1S/C13H20N2O3S/c1-2-8-14-19(17,18)13-5-3-11(4-6-13)15-9-7-12(16)10-15/h3-6,12,14,16H,2,7-10H2,1H3/t12-/m0/s1. The summed E-state index contributed by atoms with van der Waals surface area (Å²) >= 11 is 0. The molecule has 1 aromatic carbocycles. The van der Waals surface area contributed by atoms with Gasteiger partial charge in [-0.25, -0.2) is 13.1 Å². The summed E-state index contributed by atoms with van der Waals surface area (Å²) in [5, 5.41) is 9.49. The highest BCUT2D eigenvalue weighted by atomic mass is 32.2. The molecule has 2 rings (SSSR count). The second-order valence-electron chi connectivity index (χ2n) is 4.78. The lowest BCUT2D eigenvalue weighted by atomic mass is 10.3. The molecule has 0 aliphatic carbocycles. The van der Waals surface area contributed by atoms with Gasteiger partial charge >= 0.3 is 0 Å². The lowest BCUT2D eigenvalue weighted by molar-refractivity contribution is 0.198. The number of anilines is 1. The summed E-state index contributed by atoms with van der Waals surface area (Å²) in [6.07, 6.45) is 1.25. The van der Waals surface area contributed by atoms with Gasteiger partial charge in [0.2, 0.25) is 10.0 Å². The van der Waals surface area contributed by atoms with Crippen molar-refractivity contribution in [2.75, 3.05) is 24.5 Å². The topological polar surface area (TPSA) is 69.6 Å². The molecule has 0 aromatic heterocycles. The van der Waals surface area contributed by atoms with Crippen LogP contribution < -0.4 is 9.62 Å². The van der Waals surface area contributed by atoms with Crippen molar-refractivity contribution >= 4 is 15.7 Å². The highest BCUT2D eigenvalue weighted by Gasteiger charge is 2.21. The van der Waals surface area contributed by atoms with Gasteiger partial charge < -0.3 is 10.0 Å². The van der Waals surface area contributed by atoms with Gasteiger partial charge in [-0.05, 0) is 37.1 Å². The Labute approximate surface area is 114 Å². The first-order chi connectivity index (χ1) is 9.03. The monoisotopic (exact) mass is 284 g/mol. The molecule has 0 spiro atoms. The van der Waals surface area contributed by atoms with Gasteiger partial charge in [-0.1, -0.05) is 6.92 Å². The molecule has 1 aliphatic rings. The van der Waals surface area contributed by atoms with Crippen molar-refractivity contribution in [2.45, 2.75) is 30.8 Å². The minimum Gasteiger partial charge on any atom is -0.391 e. The SMILES string of the molecule is CCCNS(=O)(=O)c1ccc(N2CC[C@H](O)C2)cc1. The van der Waals surface area contributed by atoms with Crippen molar-refractivity contribution in [3.05, 3.63) is 24.3 Å². The Morgan fingerprint density at radius 3 is 2.58 bits per heavy atom. The van der Waals surface area contributed by atoms with Gasteiger partial charge in [0.05, 0.1) is 11.0 Å². The molecule has 19 heavy (non-hydrogen) atoms. The minimum atomic E-state index is -3.39. The Balaban J connectivity index is 2.10. The number of rotatable bonds is 5. The van der Waals surface area contributed by atoms with E-state index in [2.05, 4.69) is 9.62 Å². The maximum absolute atomic E-state index is 11.9. The fourth-order valence-corrected chi connectivity index (χ4v) is 3.27. The van der Waals surface area contributed by atoms with Crippen molar-refractivity contribution in [1.82, 2.24) is 4.72 Å². The smallest absolute Gasteiger partial charge is 0.240 e. The average molecular weight is 284 g/mol. The molecule has 0 amide bonds. The lowest BCUT2D eigenvalue weighted by Crippen LogP contribution is -2.24. The van der Waals surface area contributed by atoms with Crippen LogP contribution in [0.4, 0.5) is 5.69 Å². The van der Waals surface area contributed by atoms with Gasteiger partial charge in [0.15, 0.2) is 0 Å². The largest absolute Gasteiger partial charge is 0.391 e. The molecular weight excluding hydrogens is 264 g/mol. The van der Waals surface area contributed by atoms with Gasteiger partial charge in [0, 0.05) is 25.3 Å². The second kappa shape index (κ2) is 5.90. The van der Waals surface area contributed by atoms with E-state index in [1.165, 1.54) is 0 Å². The Morgan fingerprint density at radius 2 is 2.05 bits per heavy atom. The third-order valence-corrected chi connectivity index (χ3v) is 4.69. The molecule has 0 saturated carbocycles. The van der Waals surface area contributed by atoms with Crippen molar-refractivity contribution in [2.24, 2.45) is 0 Å². The van der Waals surface area contributed by atoms with Gasteiger partial charge in [-0.15, -0.1) is 0 Å². The van der Waals surface area contributed by atoms with Gasteiger partial charge in [-0.2, -0.15) is 0 Å². The summed E-state index contributed by atoms with van der Waals surface area (Å²) < 4.78 is 26.4. The van der Waals surface area contributed by atoms with Crippen LogP contribution in [0.5, 0.6) is 0 Å². The summed E-state index contributed by atoms with van der Waals surface area (Å²) in [6, 6.07) is 6.80. The van der Waals surface area contributed by atoms with Crippen LogP contribution in [0.15, 0.2) is 29.2 Å². The van der Waals surface area contributed by atoms with Crippen LogP contribution in [0.2, 0.25) is 0 Å². The highest BCUT2D eigenvalue weighted by Crippen LogP contribution is 2.22. The number of hydrogen-bond acceptors (Lipinski definition) is 4. The van der Waals surface area contributed by atoms with E-state index < -0.39 is 10.0 Å². The average Bonchev–Trinajstić information content (AvgIpc) is 2.83. The summed E-state index contributed by atoms with van der Waals surface area (Å²) in [7, 11) is -3.39. The Kier molecular flexibility index (Phi) is 4.44. The molecular formula is C13H20N2O3S. The molecule has 106 valence electrons. The zero-order chi connectivity index (χ0) is 13.9. The molecule has 2 N–H and O–H groups in total. The van der Waals surface area contributed by atoms with Crippen LogP contribution in [-0.2, 0) is 10.0 Å². The Hall–Kier alpha value is -1.11. The summed E-state index contributed by atoms with van der Waals surface area (Å²) in [6.45, 7) is 3.79. The van der Waals surface area contributed by atoms with Crippen LogP contribution in [0, 0.1) is 0 Å². The molecule has 1 atom stereocenters. The fraction of sp³-hybridized carbons (Fsp3) is 0.538. The molecule has 1 aromatic rings. The number of aliphatic hydroxyl groups excluding tert-OH is 1. The van der Waals surface area contributed by atoms with Crippen LogP contribution >= 0.6 is 0 Å². The van der Waals surface area contributed by atoms with E-state index in [0.717, 1.165) is 25.1 Å². The first-order valence-corrected chi connectivity index (χ1v) is 8.04. The zero-order valence-corrected chi connectivity index (χ0v) is 11.9. The zero-order valence-electron chi connectivity index (χ0n) is 11.0. The van der Waals surface area contributed by atoms with E-state index in [9.17, 15) is 13.5 Å². The second-order valence-corrected chi connectivity index (χ2v) is 6.55. The van der Waals surface area contributed by atoms with Crippen molar-refractivity contribution in [3.8, 4) is 0 Å². The van der Waals surface area contributed by atoms with E-state index in [4.69, 9.17) is 0 Å². The maximum Gasteiger partial charge on any atom is 0.240 e. The fourth-order valence-electron chi connectivity index (χ4n) is 2.13. The van der Waals surface area contributed by atoms with Gasteiger partial charge in [-0.3, -0.25) is 0 Å². The van der Waals surface area contributed by atoms with Crippen molar-refractivity contribution in [3.63, 3.8) is 0 Å². The minimum absolute atomic E-state index is 0.282. The van der Waals surface area contributed by atoms with Crippen LogP contribution in [-0.4, -0.2) is 39.3 Å². The van der Waals surface area contributed by atoms with Crippen molar-refractivity contribution in [1.29, 1.82) is 0 Å². The first-order valence-electron chi connectivity index (χ1n) is 6.55. The summed E-state index contributed by atoms with van der Waals surface area (Å²) in [5.74, 6) is 0. The molecule has 5 nitrogen and oxygen atoms in total. The molecule has 1 fully saturated rings. The molecule has 0 radical (unpaired) electrons. The molecule has 0 bridgehead atoms. The number of benzene rings is 1. The van der Waals surface area contributed by atoms with E-state index in [1.807, 2.05) is 6.92 Å². The number of β-amino-alcohol motifs (C(OH)–C–C–N with tert-alkyl or cyclic N) is 1. The Morgan fingerprint density at radius 1 is 1.37 bits per heavy atom. The summed E-state index contributed by atoms with van der Waals surface area (Å²) in [4.78, 5) is 2.34. The highest BCUT2D eigenvalue weighted by molar-refractivity contribution is 7.89. The maximum atomic E-state index is 11.9. The number of sulfonamides is 1. The number of aliphatic hydroxyl groups is 1. The van der Waals surface area contributed by atoms with Crippen LogP contribution in [0.1, 0.15) is 19.8 Å². The predicted octanol–water partition coefficient (Wildman–Crippen LogP) is 0.946. The molecule has 0 unspecified atom stereocenters. The predicted molar refractivity (Wildman–Crippen MR) is 74.8 cm³/mol. The number of nitrogens with zero attached hydrogens (tertiary/aromatic N) is 1. The van der Waals surface area contributed by atoms with Crippen LogP contribution in [0.25, 0.3) is 0 Å². The van der Waals surface area contributed by atoms with Crippen LogP contribution in [0.3, 0.4) is 0 Å². The number of nitrogens with one attached hydrogen (secondary N) is 1. The Bertz CT molecular complexity index is 513. The quantitative estimate of drug-likeness (QED) is 0.844. The van der Waals surface area contributed by atoms with E-state index in [1.54, 1.807) is 24.3 Å². The lowest BCUT2D eigenvalue weighted by Gasteiger charge is -2.18. The number of hydrogen-bond donors (Lipinski definition) is 2. The van der Waals surface area contributed by atoms with Gasteiger partial charge in [0.25, 0.3) is 0 Å². The molecule has 6 heteroatoms. The summed E-state index contributed by atoms with van der Waals surface area (Å²) in [5.41, 5.74) is 0.950. The first kappa shape index (κ1) is 14.3. The van der Waals surface area contributed by atoms with Crippen molar-refractivity contribution < 1.29 is 13.5 Å². The third-order valence-electron chi connectivity index (χ3n) is 3.22. The van der Waals surface area contributed by atoms with E-state index >= 15 is 0 Å². The van der Waals surface area contributed by atoms with Gasteiger partial charge in [0.1, 0.15) is 0 Å². The van der Waals surface area contributed by atoms with E-state index in [0.29, 0.717) is 13.1 Å². The van der Waals surface area contributed by atoms with E-state index in [-0.39, 0.29) is 11.0 Å². The molecule has 1 heterocycles. The normalized spacial score (nSPS) is 19.9. The third kappa shape index (κ3) is 3.46. The molecule has 1 saturated heterocycles.